The summed E-state index contributed by atoms with van der Waals surface area (Å²) >= 11 is 0. The lowest BCUT2D eigenvalue weighted by Crippen LogP contribution is -1.85. The molecule has 0 atom stereocenters. The highest BCUT2D eigenvalue weighted by molar-refractivity contribution is 5.28. The van der Waals surface area contributed by atoms with Gasteiger partial charge in [0.25, 0.3) is 0 Å². The van der Waals surface area contributed by atoms with E-state index < -0.39 is 0 Å². The van der Waals surface area contributed by atoms with Crippen molar-refractivity contribution in [2.45, 2.75) is 26.7 Å². The lowest BCUT2D eigenvalue weighted by Gasteiger charge is -1.97. The van der Waals surface area contributed by atoms with Crippen LogP contribution in [-0.4, -0.2) is 4.98 Å². The summed E-state index contributed by atoms with van der Waals surface area (Å²) in [4.78, 5) is 3.19. The molecule has 1 rings (SSSR count). The third-order valence-corrected chi connectivity index (χ3v) is 1.86. The van der Waals surface area contributed by atoms with Crippen LogP contribution in [0.4, 0.5) is 0 Å². The first-order chi connectivity index (χ1) is 4.75. The van der Waals surface area contributed by atoms with Gasteiger partial charge in [0.2, 0.25) is 0 Å². The Hall–Kier alpha value is -0.720. The maximum Gasteiger partial charge on any atom is 0.0150 e. The zero-order chi connectivity index (χ0) is 7.56. The average Bonchev–Trinajstić information content (AvgIpc) is 2.20. The fourth-order valence-corrected chi connectivity index (χ4v) is 1.25. The van der Waals surface area contributed by atoms with Gasteiger partial charge in [-0.05, 0) is 37.8 Å². The van der Waals surface area contributed by atoms with Crippen molar-refractivity contribution in [1.82, 2.24) is 4.98 Å². The molecule has 1 heteroatoms. The van der Waals surface area contributed by atoms with Crippen LogP contribution in [0.15, 0.2) is 6.20 Å². The minimum Gasteiger partial charge on any atom is -0.365 e. The Labute approximate surface area is 62.5 Å². The molecule has 0 aliphatic carbocycles. The minimum atomic E-state index is 0.986. The smallest absolute Gasteiger partial charge is 0.0150 e. The minimum absolute atomic E-state index is 0.986. The van der Waals surface area contributed by atoms with Gasteiger partial charge in [-0.2, -0.15) is 0 Å². The third kappa shape index (κ3) is 1.23. The summed E-state index contributed by atoms with van der Waals surface area (Å²) in [5.74, 6) is 0. The van der Waals surface area contributed by atoms with Gasteiger partial charge in [0.05, 0.1) is 0 Å². The molecule has 1 aromatic rings. The fraction of sp³-hybridized carbons (Fsp3) is 0.444. The first-order valence-electron chi connectivity index (χ1n) is 3.68. The van der Waals surface area contributed by atoms with E-state index in [2.05, 4.69) is 32.0 Å². The molecule has 0 fully saturated rings. The van der Waals surface area contributed by atoms with Crippen molar-refractivity contribution in [2.24, 2.45) is 0 Å². The fourth-order valence-electron chi connectivity index (χ4n) is 1.25. The molecular formula is C9H14N. The molecule has 0 unspecified atom stereocenters. The standard InChI is InChI=1S/C9H14N/c1-4-5-9-7(2)6-10-8(9)3/h6,10H,1,4-5H2,2-3H3. The number of aryl methyl sites for hydroxylation is 2. The summed E-state index contributed by atoms with van der Waals surface area (Å²) in [6, 6.07) is 0. The Kier molecular flexibility index (Phi) is 2.15. The van der Waals surface area contributed by atoms with Crippen LogP contribution in [0.1, 0.15) is 23.2 Å². The van der Waals surface area contributed by atoms with E-state index in [9.17, 15) is 0 Å². The van der Waals surface area contributed by atoms with Crippen molar-refractivity contribution in [2.75, 3.05) is 0 Å². The highest BCUT2D eigenvalue weighted by Crippen LogP contribution is 2.13. The maximum absolute atomic E-state index is 3.83. The molecular weight excluding hydrogens is 122 g/mol. The molecule has 0 saturated carbocycles. The number of aromatic nitrogens is 1. The van der Waals surface area contributed by atoms with Gasteiger partial charge in [-0.3, -0.25) is 0 Å². The molecule has 1 aromatic heterocycles. The van der Waals surface area contributed by atoms with Crippen LogP contribution in [0, 0.1) is 20.8 Å². The molecule has 10 heavy (non-hydrogen) atoms. The van der Waals surface area contributed by atoms with Crippen molar-refractivity contribution < 1.29 is 0 Å². The summed E-state index contributed by atoms with van der Waals surface area (Å²) in [5, 5.41) is 0. The third-order valence-electron chi connectivity index (χ3n) is 1.86. The number of aromatic amines is 1. The Morgan fingerprint density at radius 3 is 2.60 bits per heavy atom. The quantitative estimate of drug-likeness (QED) is 0.642. The second-order valence-electron chi connectivity index (χ2n) is 2.68. The number of hydrogen-bond acceptors (Lipinski definition) is 0. The van der Waals surface area contributed by atoms with E-state index in [1.165, 1.54) is 16.8 Å². The predicted molar refractivity (Wildman–Crippen MR) is 43.9 cm³/mol. The molecule has 0 aliphatic heterocycles. The Bertz CT molecular complexity index is 191. The van der Waals surface area contributed by atoms with Crippen molar-refractivity contribution >= 4 is 0 Å². The number of H-pyrrole nitrogens is 1. The zero-order valence-corrected chi connectivity index (χ0v) is 6.70. The largest absolute Gasteiger partial charge is 0.365 e. The van der Waals surface area contributed by atoms with Crippen molar-refractivity contribution in [3.05, 3.63) is 29.9 Å². The molecule has 55 valence electrons. The van der Waals surface area contributed by atoms with Crippen molar-refractivity contribution in [3.63, 3.8) is 0 Å². The monoisotopic (exact) mass is 136 g/mol. The molecule has 1 radical (unpaired) electrons. The van der Waals surface area contributed by atoms with Gasteiger partial charge in [0.1, 0.15) is 0 Å². The van der Waals surface area contributed by atoms with Crippen LogP contribution < -0.4 is 0 Å². The van der Waals surface area contributed by atoms with Crippen molar-refractivity contribution in [1.29, 1.82) is 0 Å². The van der Waals surface area contributed by atoms with Crippen LogP contribution in [-0.2, 0) is 6.42 Å². The number of rotatable bonds is 2. The average molecular weight is 136 g/mol. The van der Waals surface area contributed by atoms with Crippen LogP contribution in [0.3, 0.4) is 0 Å². The SMILES string of the molecule is [CH2]CCc1c(C)c[nH]c1C. The summed E-state index contributed by atoms with van der Waals surface area (Å²) in [6.45, 7) is 8.07. The lowest BCUT2D eigenvalue weighted by atomic mass is 10.1. The van der Waals surface area contributed by atoms with Crippen LogP contribution >= 0.6 is 0 Å². The Morgan fingerprint density at radius 1 is 1.50 bits per heavy atom. The molecule has 0 bridgehead atoms. The molecule has 0 aliphatic rings. The summed E-state index contributed by atoms with van der Waals surface area (Å²) in [5.41, 5.74) is 4.09. The number of hydrogen-bond donors (Lipinski definition) is 1. The van der Waals surface area contributed by atoms with Gasteiger partial charge >= 0.3 is 0 Å². The highest BCUT2D eigenvalue weighted by Gasteiger charge is 2.01. The summed E-state index contributed by atoms with van der Waals surface area (Å²) < 4.78 is 0. The van der Waals surface area contributed by atoms with Crippen molar-refractivity contribution in [3.8, 4) is 0 Å². The van der Waals surface area contributed by atoms with E-state index in [4.69, 9.17) is 0 Å². The highest BCUT2D eigenvalue weighted by atomic mass is 14.7. The Balaban J connectivity index is 2.87. The van der Waals surface area contributed by atoms with Gasteiger partial charge in [-0.25, -0.2) is 0 Å². The van der Waals surface area contributed by atoms with E-state index in [0.29, 0.717) is 0 Å². The number of nitrogens with one attached hydrogen (secondary N) is 1. The van der Waals surface area contributed by atoms with E-state index in [0.717, 1.165) is 12.8 Å². The maximum atomic E-state index is 3.83. The lowest BCUT2D eigenvalue weighted by molar-refractivity contribution is 0.974. The van der Waals surface area contributed by atoms with Gasteiger partial charge in [-0.15, -0.1) is 0 Å². The van der Waals surface area contributed by atoms with Gasteiger partial charge in [0.15, 0.2) is 0 Å². The molecule has 0 saturated heterocycles. The zero-order valence-electron chi connectivity index (χ0n) is 6.70. The summed E-state index contributed by atoms with van der Waals surface area (Å²) in [7, 11) is 0. The molecule has 0 amide bonds. The molecule has 1 nitrogen and oxygen atoms in total. The van der Waals surface area contributed by atoms with Crippen LogP contribution in [0.2, 0.25) is 0 Å². The topological polar surface area (TPSA) is 15.8 Å². The normalized spacial score (nSPS) is 10.3. The second kappa shape index (κ2) is 2.91. The second-order valence-corrected chi connectivity index (χ2v) is 2.68. The first-order valence-corrected chi connectivity index (χ1v) is 3.68. The Morgan fingerprint density at radius 2 is 2.20 bits per heavy atom. The van der Waals surface area contributed by atoms with E-state index in [-0.39, 0.29) is 0 Å². The van der Waals surface area contributed by atoms with E-state index >= 15 is 0 Å². The van der Waals surface area contributed by atoms with Gasteiger partial charge in [0, 0.05) is 11.9 Å². The molecule has 1 N–H and O–H groups in total. The predicted octanol–water partition coefficient (Wildman–Crippen LogP) is 2.40. The molecule has 1 heterocycles. The van der Waals surface area contributed by atoms with Gasteiger partial charge in [-0.1, -0.05) is 6.92 Å². The van der Waals surface area contributed by atoms with Crippen LogP contribution in [0.25, 0.3) is 0 Å². The van der Waals surface area contributed by atoms with Crippen LogP contribution in [0.5, 0.6) is 0 Å². The summed E-state index contributed by atoms with van der Waals surface area (Å²) in [6.07, 6.45) is 4.14. The van der Waals surface area contributed by atoms with Gasteiger partial charge < -0.3 is 4.98 Å². The van der Waals surface area contributed by atoms with E-state index in [1.807, 2.05) is 0 Å². The molecule has 0 aromatic carbocycles. The molecule has 0 spiro atoms. The first kappa shape index (κ1) is 7.39. The van der Waals surface area contributed by atoms with E-state index in [1.54, 1.807) is 0 Å².